The molecular formula is C60H101N3O48S. The van der Waals surface area contributed by atoms with Gasteiger partial charge in [0.2, 0.25) is 17.7 Å². The lowest BCUT2D eigenvalue weighted by molar-refractivity contribution is -0.398. The van der Waals surface area contributed by atoms with Gasteiger partial charge in [0.15, 0.2) is 56.6 Å². The normalized spacial score (nSPS) is 49.1. The highest BCUT2D eigenvalue weighted by Gasteiger charge is 2.61. The van der Waals surface area contributed by atoms with Crippen LogP contribution >= 0.6 is 0 Å². The third kappa shape index (κ3) is 20.7. The molecule has 0 aliphatic carbocycles. The number of amides is 3. The van der Waals surface area contributed by atoms with E-state index in [1.165, 1.54) is 6.92 Å². The number of hydrogen-bond acceptors (Lipinski definition) is 47. The summed E-state index contributed by atoms with van der Waals surface area (Å²) in [6.07, 6.45) is -88.6. The van der Waals surface area contributed by atoms with Gasteiger partial charge in [0.1, 0.15) is 213 Å². The van der Waals surface area contributed by atoms with Crippen LogP contribution in [-0.2, 0) is 109 Å². The van der Waals surface area contributed by atoms with E-state index in [1.807, 2.05) is 0 Å². The minimum atomic E-state index is -5.43. The fourth-order valence-corrected chi connectivity index (χ4v) is 14.7. The predicted molar refractivity (Wildman–Crippen MR) is 341 cm³/mol. The minimum Gasteiger partial charge on any atom is -0.394 e. The third-order valence-electron chi connectivity index (χ3n) is 20.1. The lowest BCUT2D eigenvalue weighted by atomic mass is 9.93. The van der Waals surface area contributed by atoms with Crippen molar-refractivity contribution in [2.75, 3.05) is 52.9 Å². The van der Waals surface area contributed by atoms with Crippen LogP contribution in [0.15, 0.2) is 0 Å². The number of aliphatic hydroxyl groups is 24. The summed E-state index contributed by atoms with van der Waals surface area (Å²) in [6.45, 7) is -4.88. The van der Waals surface area contributed by atoms with Gasteiger partial charge in [-0.3, -0.25) is 18.9 Å². The monoisotopic (exact) mass is 1660 g/mol. The highest BCUT2D eigenvalue weighted by Crippen LogP contribution is 2.40. The van der Waals surface area contributed by atoms with Crippen molar-refractivity contribution >= 4 is 28.1 Å². The smallest absolute Gasteiger partial charge is 0.394 e. The quantitative estimate of drug-likeness (QED) is 0.0309. The summed E-state index contributed by atoms with van der Waals surface area (Å²) in [5, 5.41) is 274. The van der Waals surface area contributed by atoms with Gasteiger partial charge in [-0.2, -0.15) is 8.42 Å². The first-order chi connectivity index (χ1) is 52.7. The van der Waals surface area contributed by atoms with Crippen LogP contribution in [0.4, 0.5) is 0 Å². The Morgan fingerprint density at radius 2 is 0.625 bits per heavy atom. The molecule has 9 fully saturated rings. The molecule has 0 bridgehead atoms. The SMILES string of the molecule is CC(=O)N[C@@H]1[C@@H](O)[C@H](O[C@@H]2O[C@H](CO)[C@@H](O[C@@H]3O[C@H](CO[C@H]4O[C@H](CO)[C@@H](O)[C@H](O[C@H]5O[C@H](CO)[C@@H](O)[C@H](O)[C@@H]5O)[C@@H]4O)[C@@H](O)[C@H](O[C@H]4O[C@H](CO)[C@@H](O)[C@H](O)[C@@H]4O[C@@H]4O[C@H](CO)[C@@H](O)[C@H](O[C@@H]5O[C@H](CO)[C@H](OS(=O)(=O)O)[C@H](O)[C@H]5O)[C@H]4NC(C)=O)[C@@H]3O)[C@H](O)[C@H]2NC(C)=O)[C@@H](CO[C@@H]2O[C@@H](C)[C@@H](O)[C@@H](O)[C@@H]2O)O[C@H]1O. The molecule has 0 unspecified atom stereocenters. The molecule has 0 aromatic rings. The van der Waals surface area contributed by atoms with E-state index in [-0.39, 0.29) is 0 Å². The molecule has 9 heterocycles. The number of hydrogen-bond donors (Lipinski definition) is 28. The van der Waals surface area contributed by atoms with Gasteiger partial charge in [0.05, 0.1) is 59.0 Å². The molecule has 9 aliphatic rings. The van der Waals surface area contributed by atoms with Gasteiger partial charge in [-0.25, -0.2) is 4.18 Å². The van der Waals surface area contributed by atoms with Crippen molar-refractivity contribution in [1.29, 1.82) is 0 Å². The number of ether oxygens (including phenoxy) is 17. The Bertz CT molecular complexity index is 3100. The summed E-state index contributed by atoms with van der Waals surface area (Å²) in [6, 6.07) is -5.79. The second-order valence-corrected chi connectivity index (χ2v) is 29.0. The average molecular weight is 1660 g/mol. The first-order valence-electron chi connectivity index (χ1n) is 35.2. The summed E-state index contributed by atoms with van der Waals surface area (Å²) in [7, 11) is -5.43. The van der Waals surface area contributed by atoms with E-state index in [2.05, 4.69) is 20.1 Å². The third-order valence-corrected chi connectivity index (χ3v) is 20.6. The van der Waals surface area contributed by atoms with E-state index >= 15 is 0 Å². The van der Waals surface area contributed by atoms with Gasteiger partial charge in [0.25, 0.3) is 0 Å². The van der Waals surface area contributed by atoms with Crippen LogP contribution in [0.25, 0.3) is 0 Å². The summed E-state index contributed by atoms with van der Waals surface area (Å²) >= 11 is 0. The molecule has 52 heteroatoms. The minimum absolute atomic E-state index is 0.838. The Labute approximate surface area is 633 Å². The molecule has 28 N–H and O–H groups in total. The van der Waals surface area contributed by atoms with Crippen molar-refractivity contribution < 1.29 is 235 Å². The van der Waals surface area contributed by atoms with Gasteiger partial charge in [-0.15, -0.1) is 0 Å². The number of aliphatic hydroxyl groups excluding tert-OH is 24. The zero-order valence-corrected chi connectivity index (χ0v) is 60.4. The van der Waals surface area contributed by atoms with E-state index in [9.17, 15) is 150 Å². The second kappa shape index (κ2) is 39.7. The molecule has 0 saturated carbocycles. The zero-order valence-electron chi connectivity index (χ0n) is 59.6. The van der Waals surface area contributed by atoms with Crippen molar-refractivity contribution in [3.8, 4) is 0 Å². The van der Waals surface area contributed by atoms with Crippen LogP contribution in [0, 0.1) is 0 Å². The van der Waals surface area contributed by atoms with Crippen LogP contribution in [-0.4, -0.2) is 482 Å². The van der Waals surface area contributed by atoms with E-state index < -0.39 is 357 Å². The molecule has 51 nitrogen and oxygen atoms in total. The van der Waals surface area contributed by atoms with E-state index in [4.69, 9.17) is 80.5 Å². The molecule has 112 heavy (non-hydrogen) atoms. The van der Waals surface area contributed by atoms with Crippen molar-refractivity contribution in [1.82, 2.24) is 16.0 Å². The van der Waals surface area contributed by atoms with E-state index in [0.717, 1.165) is 20.8 Å². The highest BCUT2D eigenvalue weighted by molar-refractivity contribution is 7.80. The van der Waals surface area contributed by atoms with Crippen LogP contribution in [0.2, 0.25) is 0 Å². The summed E-state index contributed by atoms with van der Waals surface area (Å²) in [4.78, 5) is 38.6. The Hall–Kier alpha value is -3.36. The Kier molecular flexibility index (Phi) is 32.8. The maximum absolute atomic E-state index is 13.2. The lowest BCUT2D eigenvalue weighted by Gasteiger charge is -2.51. The van der Waals surface area contributed by atoms with Crippen LogP contribution in [0.5, 0.6) is 0 Å². The van der Waals surface area contributed by atoms with E-state index in [1.54, 1.807) is 0 Å². The Morgan fingerprint density at radius 1 is 0.295 bits per heavy atom. The van der Waals surface area contributed by atoms with E-state index in [0.29, 0.717) is 0 Å². The van der Waals surface area contributed by atoms with Gasteiger partial charge in [-0.05, 0) is 6.92 Å². The van der Waals surface area contributed by atoms with Gasteiger partial charge in [-0.1, -0.05) is 0 Å². The highest BCUT2D eigenvalue weighted by atomic mass is 32.3. The number of carbonyl (C=O) groups is 3. The summed E-state index contributed by atoms with van der Waals surface area (Å²) < 4.78 is 137. The maximum atomic E-state index is 13.2. The van der Waals surface area contributed by atoms with Crippen molar-refractivity contribution in [3.05, 3.63) is 0 Å². The summed E-state index contributed by atoms with van der Waals surface area (Å²) in [5.41, 5.74) is 0. The summed E-state index contributed by atoms with van der Waals surface area (Å²) in [5.74, 6) is -2.85. The number of rotatable bonds is 29. The molecule has 9 aliphatic heterocycles. The van der Waals surface area contributed by atoms with Crippen LogP contribution in [0.1, 0.15) is 27.7 Å². The van der Waals surface area contributed by atoms with Crippen molar-refractivity contribution in [2.45, 2.75) is 304 Å². The van der Waals surface area contributed by atoms with Gasteiger partial charge < -0.3 is 219 Å². The van der Waals surface area contributed by atoms with Crippen LogP contribution < -0.4 is 16.0 Å². The first kappa shape index (κ1) is 92.5. The molecule has 0 radical (unpaired) electrons. The fraction of sp³-hybridized carbons (Fsp3) is 0.950. The molecule has 0 aromatic heterocycles. The predicted octanol–water partition coefficient (Wildman–Crippen LogP) is -19.3. The largest absolute Gasteiger partial charge is 0.397 e. The standard InChI is InChI=1S/C60H101N3O48S/c1-13-28(73)36(81)40(85)55(96-13)95-12-24-46(34(79)25(52(90)97-24)61-14(2)70)105-53-26(62-15(3)71)35(80)45(21(9-68)102-53)106-59-44(89)50(33(78)23(104-59)11-94-56-43(88)49(32(77)20(8-67)99-56)108-57-41(86)37(82)29(74)17(5-64)100-57)109-60-51(38(83)30(75)18(6-65)101-60)110-54-27(63-16(4)72)48(31(76)19(7-66)98-54)107-58-42(87)39(84)47(22(10-69)103-58)111-112(91,92)93/h13,17-60,64-69,73-90H,5-12H2,1-4H3,(H,61,70)(H,62,71)(H,63,72)(H,91,92,93)/t13-,17+,18+,19+,20+,21+,22+,23+,24+,25+,26+,27+,28+,29+,30+,31+,32+,33+,34+,35+,36+,37-,38-,39+,40-,41-,42+,43-,44-,45+,46+,47-,48+,49-,50-,51-,52+,53-,54-,55+,56-,57+,58-,59-,60+/m0/s1. The Balaban J connectivity index is 1.05. The molecule has 3 amide bonds. The van der Waals surface area contributed by atoms with Crippen molar-refractivity contribution in [2.24, 2.45) is 0 Å². The fourth-order valence-electron chi connectivity index (χ4n) is 14.1. The Morgan fingerprint density at radius 3 is 1.19 bits per heavy atom. The van der Waals surface area contributed by atoms with Crippen molar-refractivity contribution in [3.63, 3.8) is 0 Å². The molecule has 650 valence electrons. The zero-order chi connectivity index (χ0) is 82.7. The molecular weight excluding hydrogens is 1560 g/mol. The molecule has 9 rings (SSSR count). The second-order valence-electron chi connectivity index (χ2n) is 27.9. The molecule has 9 saturated heterocycles. The maximum Gasteiger partial charge on any atom is 0.397 e. The topological polar surface area (TPSA) is 793 Å². The average Bonchev–Trinajstić information content (AvgIpc) is 0.761. The molecule has 0 aromatic carbocycles. The number of carbonyl (C=O) groups excluding carboxylic acids is 3. The first-order valence-corrected chi connectivity index (χ1v) is 36.5. The molecule has 45 atom stereocenters. The lowest BCUT2D eigenvalue weighted by Crippen LogP contribution is -2.71. The number of nitrogens with one attached hydrogen (secondary N) is 3. The van der Waals surface area contributed by atoms with Crippen LogP contribution in [0.3, 0.4) is 0 Å². The van der Waals surface area contributed by atoms with Gasteiger partial charge >= 0.3 is 10.4 Å². The molecule has 0 spiro atoms. The van der Waals surface area contributed by atoms with Gasteiger partial charge in [0, 0.05) is 20.8 Å².